The molecule has 0 aliphatic carbocycles. The van der Waals surface area contributed by atoms with Gasteiger partial charge in [-0.3, -0.25) is 4.90 Å². The highest BCUT2D eigenvalue weighted by Gasteiger charge is 2.30. The number of unbranched alkanes of at least 4 members (excludes halogenated alkanes) is 4. The lowest BCUT2D eigenvalue weighted by molar-refractivity contribution is 0.0721. The molecule has 1 unspecified atom stereocenters. The average Bonchev–Trinajstić information content (AvgIpc) is 3.24. The molecule has 1 aliphatic heterocycles. The number of halogens is 5. The number of likely N-dealkylation sites (tertiary alicyclic amines) is 1. The van der Waals surface area contributed by atoms with Crippen LogP contribution in [0.2, 0.25) is 0 Å². The summed E-state index contributed by atoms with van der Waals surface area (Å²) in [5.41, 5.74) is 0. The van der Waals surface area contributed by atoms with E-state index in [1.54, 1.807) is 0 Å². The average molecular weight is 520 g/mol. The molecule has 5 nitrogen and oxygen atoms in total. The van der Waals surface area contributed by atoms with Crippen molar-refractivity contribution in [2.24, 2.45) is 5.92 Å². The molecule has 1 aromatic carbocycles. The van der Waals surface area contributed by atoms with Crippen LogP contribution in [-0.4, -0.2) is 35.5 Å². The Bertz CT molecular complexity index is 1000. The predicted octanol–water partition coefficient (Wildman–Crippen LogP) is 6.67. The fourth-order valence-electron chi connectivity index (χ4n) is 4.06. The summed E-state index contributed by atoms with van der Waals surface area (Å²) in [5, 5.41) is 3.66. The fraction of sp³-hybridized carbons (Fsp3) is 0.583. The van der Waals surface area contributed by atoms with Crippen LogP contribution in [0.3, 0.4) is 0 Å². The molecule has 11 heteroatoms. The molecule has 0 spiro atoms. The standard InChI is InChI=1S/C24H30F5N3O2S/c1-3-4-5-6-7-10-30-23-22(35-15(31-23)13-32-11-8-9-14(2)12-32)24(33)34-21-19(28)17(26)16(25)18(27)20(21)29/h14,30H,3-13H2,1-2H3. The van der Waals surface area contributed by atoms with E-state index in [1.807, 2.05) is 0 Å². The molecule has 1 aliphatic rings. The van der Waals surface area contributed by atoms with E-state index in [2.05, 4.69) is 33.8 Å². The molecular weight excluding hydrogens is 489 g/mol. The van der Waals surface area contributed by atoms with Gasteiger partial charge in [0.1, 0.15) is 5.01 Å². The maximum atomic E-state index is 14.0. The number of carbonyl (C=O) groups is 1. The van der Waals surface area contributed by atoms with E-state index >= 15 is 0 Å². The van der Waals surface area contributed by atoms with Crippen molar-refractivity contribution in [1.29, 1.82) is 0 Å². The number of nitrogens with zero attached hydrogens (tertiary/aromatic N) is 2. The zero-order chi connectivity index (χ0) is 25.5. The number of benzene rings is 1. The van der Waals surface area contributed by atoms with Crippen LogP contribution in [-0.2, 0) is 6.54 Å². The largest absolute Gasteiger partial charge is 0.416 e. The van der Waals surface area contributed by atoms with Gasteiger partial charge in [0.25, 0.3) is 0 Å². The molecule has 3 rings (SSSR count). The highest BCUT2D eigenvalue weighted by atomic mass is 32.1. The summed E-state index contributed by atoms with van der Waals surface area (Å²) >= 11 is 0.981. The van der Waals surface area contributed by atoms with Crippen molar-refractivity contribution in [2.45, 2.75) is 65.3 Å². The van der Waals surface area contributed by atoms with E-state index in [-0.39, 0.29) is 10.7 Å². The Balaban J connectivity index is 1.80. The Hall–Kier alpha value is -2.27. The SMILES string of the molecule is CCCCCCCNc1nc(CN2CCCC(C)C2)sc1C(=O)Oc1c(F)c(F)c(F)c(F)c1F. The molecule has 1 atom stereocenters. The van der Waals surface area contributed by atoms with Crippen molar-refractivity contribution in [3.05, 3.63) is 39.0 Å². The van der Waals surface area contributed by atoms with Crippen LogP contribution < -0.4 is 10.1 Å². The molecule has 2 heterocycles. The van der Waals surface area contributed by atoms with E-state index < -0.39 is 40.8 Å². The first kappa shape index (κ1) is 27.3. The number of anilines is 1. The van der Waals surface area contributed by atoms with Gasteiger partial charge in [-0.25, -0.2) is 22.9 Å². The number of rotatable bonds is 11. The van der Waals surface area contributed by atoms with E-state index in [9.17, 15) is 26.7 Å². The third-order valence-corrected chi connectivity index (χ3v) is 6.91. The first-order chi connectivity index (χ1) is 16.7. The maximum Gasteiger partial charge on any atom is 0.357 e. The summed E-state index contributed by atoms with van der Waals surface area (Å²) in [6.45, 7) is 7.03. The maximum absolute atomic E-state index is 14.0. The number of nitrogens with one attached hydrogen (secondary N) is 1. The molecule has 1 saturated heterocycles. The molecule has 194 valence electrons. The molecule has 1 aromatic heterocycles. The lowest BCUT2D eigenvalue weighted by Gasteiger charge is -2.29. The quantitative estimate of drug-likeness (QED) is 0.0897. The second-order valence-corrected chi connectivity index (χ2v) is 9.98. The Morgan fingerprint density at radius 1 is 1.06 bits per heavy atom. The second-order valence-electron chi connectivity index (χ2n) is 8.90. The topological polar surface area (TPSA) is 54.5 Å². The summed E-state index contributed by atoms with van der Waals surface area (Å²) in [7, 11) is 0. The van der Waals surface area contributed by atoms with Crippen LogP contribution in [0.25, 0.3) is 0 Å². The normalized spacial score (nSPS) is 16.5. The van der Waals surface area contributed by atoms with Crippen LogP contribution in [0.1, 0.15) is 73.5 Å². The Labute approximate surface area is 205 Å². The van der Waals surface area contributed by atoms with E-state index in [0.29, 0.717) is 24.0 Å². The number of thiazole rings is 1. The third-order valence-electron chi connectivity index (χ3n) is 5.89. The number of hydrogen-bond donors (Lipinski definition) is 1. The molecule has 0 bridgehead atoms. The highest BCUT2D eigenvalue weighted by molar-refractivity contribution is 7.14. The van der Waals surface area contributed by atoms with Crippen molar-refractivity contribution in [3.8, 4) is 5.75 Å². The zero-order valence-electron chi connectivity index (χ0n) is 19.9. The minimum absolute atomic E-state index is 0.0810. The van der Waals surface area contributed by atoms with E-state index in [4.69, 9.17) is 0 Å². The summed E-state index contributed by atoms with van der Waals surface area (Å²) in [6, 6.07) is 0. The summed E-state index contributed by atoms with van der Waals surface area (Å²) in [4.78, 5) is 19.4. The molecule has 2 aromatic rings. The lowest BCUT2D eigenvalue weighted by atomic mass is 10.0. The Kier molecular flexibility index (Phi) is 9.85. The first-order valence-electron chi connectivity index (χ1n) is 11.9. The monoisotopic (exact) mass is 519 g/mol. The molecule has 1 fully saturated rings. The number of piperidine rings is 1. The van der Waals surface area contributed by atoms with Gasteiger partial charge in [-0.2, -0.15) is 8.78 Å². The van der Waals surface area contributed by atoms with Crippen molar-refractivity contribution in [2.75, 3.05) is 25.0 Å². The van der Waals surface area contributed by atoms with Gasteiger partial charge >= 0.3 is 5.97 Å². The zero-order valence-corrected chi connectivity index (χ0v) is 20.7. The predicted molar refractivity (Wildman–Crippen MR) is 124 cm³/mol. The van der Waals surface area contributed by atoms with Crippen LogP contribution in [0.5, 0.6) is 5.75 Å². The first-order valence-corrected chi connectivity index (χ1v) is 12.7. The minimum Gasteiger partial charge on any atom is -0.416 e. The fourth-order valence-corrected chi connectivity index (χ4v) is 5.02. The number of esters is 1. The van der Waals surface area contributed by atoms with Crippen molar-refractivity contribution >= 4 is 23.1 Å². The van der Waals surface area contributed by atoms with Crippen molar-refractivity contribution in [3.63, 3.8) is 0 Å². The van der Waals surface area contributed by atoms with Gasteiger partial charge in [0.2, 0.25) is 34.8 Å². The molecule has 0 saturated carbocycles. The molecule has 0 radical (unpaired) electrons. The molecule has 35 heavy (non-hydrogen) atoms. The Morgan fingerprint density at radius 2 is 1.71 bits per heavy atom. The van der Waals surface area contributed by atoms with Gasteiger partial charge in [-0.15, -0.1) is 11.3 Å². The van der Waals surface area contributed by atoms with Gasteiger partial charge in [0, 0.05) is 13.1 Å². The number of hydrogen-bond acceptors (Lipinski definition) is 6. The second kappa shape index (κ2) is 12.6. The highest BCUT2D eigenvalue weighted by Crippen LogP contribution is 2.32. The van der Waals surface area contributed by atoms with Gasteiger partial charge in [0.15, 0.2) is 10.7 Å². The third kappa shape index (κ3) is 6.91. The van der Waals surface area contributed by atoms with E-state index in [1.165, 1.54) is 0 Å². The van der Waals surface area contributed by atoms with Crippen LogP contribution in [0.4, 0.5) is 27.8 Å². The van der Waals surface area contributed by atoms with Gasteiger partial charge in [-0.05, 0) is 31.7 Å². The summed E-state index contributed by atoms with van der Waals surface area (Å²) in [6.07, 6.45) is 7.28. The van der Waals surface area contributed by atoms with E-state index in [0.717, 1.165) is 69.4 Å². The van der Waals surface area contributed by atoms with Crippen LogP contribution in [0.15, 0.2) is 0 Å². The van der Waals surface area contributed by atoms with Gasteiger partial charge in [-0.1, -0.05) is 39.5 Å². The number of carbonyl (C=O) groups excluding carboxylic acids is 1. The van der Waals surface area contributed by atoms with Gasteiger partial charge < -0.3 is 10.1 Å². The van der Waals surface area contributed by atoms with Crippen LogP contribution in [0, 0.1) is 35.0 Å². The molecular formula is C24H30F5N3O2S. The minimum atomic E-state index is -2.32. The van der Waals surface area contributed by atoms with Crippen molar-refractivity contribution in [1.82, 2.24) is 9.88 Å². The summed E-state index contributed by atoms with van der Waals surface area (Å²) in [5.74, 6) is -13.2. The molecule has 0 amide bonds. The number of ether oxygens (including phenoxy) is 1. The Morgan fingerprint density at radius 3 is 2.37 bits per heavy atom. The number of aromatic nitrogens is 1. The smallest absolute Gasteiger partial charge is 0.357 e. The lowest BCUT2D eigenvalue weighted by Crippen LogP contribution is -2.33. The van der Waals surface area contributed by atoms with Crippen LogP contribution >= 0.6 is 11.3 Å². The molecule has 1 N–H and O–H groups in total. The van der Waals surface area contributed by atoms with Gasteiger partial charge in [0.05, 0.1) is 6.54 Å². The summed E-state index contributed by atoms with van der Waals surface area (Å²) < 4.78 is 73.2. The van der Waals surface area contributed by atoms with Crippen molar-refractivity contribution < 1.29 is 31.5 Å².